The van der Waals surface area contributed by atoms with Crippen molar-refractivity contribution in [3.05, 3.63) is 59.4 Å². The number of hydrogen-bond acceptors (Lipinski definition) is 5. The van der Waals surface area contributed by atoms with Crippen LogP contribution in [0, 0.1) is 0 Å². The zero-order valence-corrected chi connectivity index (χ0v) is 13.7. The van der Waals surface area contributed by atoms with Crippen LogP contribution < -0.4 is 5.43 Å². The van der Waals surface area contributed by atoms with Crippen LogP contribution in [0.5, 0.6) is 0 Å². The number of esters is 1. The number of hydrazone groups is 1. The lowest BCUT2D eigenvalue weighted by Gasteiger charge is -2.05. The van der Waals surface area contributed by atoms with Gasteiger partial charge in [-0.05, 0) is 43.3 Å². The highest BCUT2D eigenvalue weighted by atomic mass is 35.5. The number of anilines is 1. The van der Waals surface area contributed by atoms with E-state index < -0.39 is 5.97 Å². The minimum absolute atomic E-state index is 0.0722. The molecule has 3 rings (SSSR count). The molecule has 6 nitrogen and oxygen atoms in total. The van der Waals surface area contributed by atoms with Crippen molar-refractivity contribution >= 4 is 40.0 Å². The summed E-state index contributed by atoms with van der Waals surface area (Å²) in [5.41, 5.74) is 5.15. The van der Waals surface area contributed by atoms with Crippen LogP contribution in [0.2, 0.25) is 5.02 Å². The second-order valence-corrected chi connectivity index (χ2v) is 5.34. The summed E-state index contributed by atoms with van der Waals surface area (Å²) in [5.74, 6) is -0.214. The van der Waals surface area contributed by atoms with E-state index in [1.54, 1.807) is 31.2 Å². The number of rotatable bonds is 5. The molecule has 0 aliphatic rings. The number of halogens is 1. The molecule has 0 spiro atoms. The Morgan fingerprint density at radius 1 is 1.25 bits per heavy atom. The molecular formula is C17H15ClN4O2. The minimum Gasteiger partial charge on any atom is -0.461 e. The van der Waals surface area contributed by atoms with Crippen LogP contribution in [-0.4, -0.2) is 28.3 Å². The molecule has 0 saturated heterocycles. The predicted octanol–water partition coefficient (Wildman–Crippen LogP) is 3.60. The second kappa shape index (κ2) is 7.14. The summed E-state index contributed by atoms with van der Waals surface area (Å²) in [6.45, 7) is 1.99. The molecule has 2 N–H and O–H groups in total. The van der Waals surface area contributed by atoms with Crippen LogP contribution >= 0.6 is 11.6 Å². The molecule has 0 atom stereocenters. The first-order chi connectivity index (χ1) is 11.7. The van der Waals surface area contributed by atoms with Crippen LogP contribution in [0.25, 0.3) is 11.0 Å². The van der Waals surface area contributed by atoms with Crippen molar-refractivity contribution in [1.82, 2.24) is 9.97 Å². The normalized spacial score (nSPS) is 11.5. The maximum Gasteiger partial charge on any atom is 0.362 e. The van der Waals surface area contributed by atoms with Crippen molar-refractivity contribution in [1.29, 1.82) is 0 Å². The Morgan fingerprint density at radius 3 is 2.71 bits per heavy atom. The third-order valence-corrected chi connectivity index (χ3v) is 3.48. The van der Waals surface area contributed by atoms with Gasteiger partial charge in [0.05, 0.1) is 23.3 Å². The van der Waals surface area contributed by atoms with E-state index in [1.165, 1.54) is 0 Å². The smallest absolute Gasteiger partial charge is 0.362 e. The first kappa shape index (κ1) is 16.0. The van der Waals surface area contributed by atoms with Gasteiger partial charge in [-0.2, -0.15) is 5.10 Å². The quantitative estimate of drug-likeness (QED) is 0.422. The average molecular weight is 343 g/mol. The number of nitrogens with one attached hydrogen (secondary N) is 2. The highest BCUT2D eigenvalue weighted by molar-refractivity contribution is 6.42. The lowest BCUT2D eigenvalue weighted by Crippen LogP contribution is -2.21. The molecule has 24 heavy (non-hydrogen) atoms. The Hall–Kier alpha value is -2.86. The van der Waals surface area contributed by atoms with E-state index in [0.29, 0.717) is 16.5 Å². The van der Waals surface area contributed by atoms with E-state index in [9.17, 15) is 4.79 Å². The van der Waals surface area contributed by atoms with Crippen molar-refractivity contribution in [3.63, 3.8) is 0 Å². The van der Waals surface area contributed by atoms with Crippen LogP contribution in [0.1, 0.15) is 12.7 Å². The number of aromatic amines is 1. The fraction of sp³-hybridized carbons (Fsp3) is 0.118. The van der Waals surface area contributed by atoms with E-state index in [-0.39, 0.29) is 12.3 Å². The Labute approximate surface area is 143 Å². The van der Waals surface area contributed by atoms with Gasteiger partial charge in [-0.15, -0.1) is 0 Å². The monoisotopic (exact) mass is 342 g/mol. The molecule has 0 saturated carbocycles. The first-order valence-corrected chi connectivity index (χ1v) is 7.76. The topological polar surface area (TPSA) is 79.4 Å². The largest absolute Gasteiger partial charge is 0.461 e. The highest BCUT2D eigenvalue weighted by Gasteiger charge is 2.19. The van der Waals surface area contributed by atoms with Crippen molar-refractivity contribution in [2.24, 2.45) is 5.10 Å². The summed E-state index contributed by atoms with van der Waals surface area (Å²) in [6, 6.07) is 14.5. The molecule has 0 fully saturated rings. The predicted molar refractivity (Wildman–Crippen MR) is 94.3 cm³/mol. The third kappa shape index (κ3) is 3.55. The zero-order valence-electron chi connectivity index (χ0n) is 12.9. The Kier molecular flexibility index (Phi) is 4.77. The van der Waals surface area contributed by atoms with Gasteiger partial charge in [0.15, 0.2) is 5.82 Å². The fourth-order valence-electron chi connectivity index (χ4n) is 2.10. The minimum atomic E-state index is -0.557. The van der Waals surface area contributed by atoms with Gasteiger partial charge in [0.1, 0.15) is 0 Å². The van der Waals surface area contributed by atoms with Gasteiger partial charge in [-0.3, -0.25) is 5.43 Å². The molecule has 0 bridgehead atoms. The molecule has 0 amide bonds. The van der Waals surface area contributed by atoms with E-state index in [2.05, 4.69) is 20.5 Å². The number of benzene rings is 2. The van der Waals surface area contributed by atoms with E-state index in [4.69, 9.17) is 16.3 Å². The zero-order chi connectivity index (χ0) is 16.9. The summed E-state index contributed by atoms with van der Waals surface area (Å²) < 4.78 is 5.07. The molecule has 2 aromatic carbocycles. The first-order valence-electron chi connectivity index (χ1n) is 7.39. The van der Waals surface area contributed by atoms with Gasteiger partial charge in [-0.25, -0.2) is 9.78 Å². The van der Waals surface area contributed by atoms with Crippen molar-refractivity contribution in [2.75, 3.05) is 12.0 Å². The number of H-pyrrole nitrogens is 1. The van der Waals surface area contributed by atoms with Crippen molar-refractivity contribution in [3.8, 4) is 0 Å². The summed E-state index contributed by atoms with van der Waals surface area (Å²) in [6.07, 6.45) is 0. The second-order valence-electron chi connectivity index (χ2n) is 4.90. The molecule has 122 valence electrons. The van der Waals surface area contributed by atoms with Gasteiger partial charge in [-0.1, -0.05) is 23.7 Å². The highest BCUT2D eigenvalue weighted by Crippen LogP contribution is 2.15. The summed E-state index contributed by atoms with van der Waals surface area (Å²) >= 11 is 5.85. The number of hydrogen-bond donors (Lipinski definition) is 2. The van der Waals surface area contributed by atoms with Crippen LogP contribution in [0.15, 0.2) is 53.6 Å². The van der Waals surface area contributed by atoms with Crippen LogP contribution in [0.4, 0.5) is 5.69 Å². The standard InChI is InChI=1S/C17H15ClN4O2/c1-2-24-17(23)15(22-21-12-9-7-11(18)8-10-12)16-19-13-5-3-4-6-14(13)20-16/h3-10,21H,2H2,1H3,(H,19,20)/b22-15-. The van der Waals surface area contributed by atoms with Gasteiger partial charge >= 0.3 is 5.97 Å². The Morgan fingerprint density at radius 2 is 2.00 bits per heavy atom. The van der Waals surface area contributed by atoms with E-state index >= 15 is 0 Å². The average Bonchev–Trinajstić information content (AvgIpc) is 3.00. The number of nitrogens with zero attached hydrogens (tertiary/aromatic N) is 2. The number of para-hydroxylation sites is 2. The lowest BCUT2D eigenvalue weighted by molar-refractivity contribution is -0.134. The Balaban J connectivity index is 1.94. The number of fused-ring (bicyclic) bond motifs is 1. The maximum absolute atomic E-state index is 12.2. The van der Waals surface area contributed by atoms with Gasteiger partial charge in [0.25, 0.3) is 0 Å². The third-order valence-electron chi connectivity index (χ3n) is 3.22. The number of carbonyl (C=O) groups is 1. The summed E-state index contributed by atoms with van der Waals surface area (Å²) in [5, 5.41) is 4.78. The van der Waals surface area contributed by atoms with Crippen LogP contribution in [-0.2, 0) is 9.53 Å². The van der Waals surface area contributed by atoms with Gasteiger partial charge < -0.3 is 9.72 Å². The maximum atomic E-state index is 12.2. The van der Waals surface area contributed by atoms with Crippen molar-refractivity contribution < 1.29 is 9.53 Å². The SMILES string of the molecule is CCOC(=O)/C(=N\Nc1ccc(Cl)cc1)c1nc2ccccc2[nH]1. The van der Waals surface area contributed by atoms with Gasteiger partial charge in [0, 0.05) is 5.02 Å². The number of carbonyl (C=O) groups excluding carboxylic acids is 1. The molecule has 3 aromatic rings. The molecular weight excluding hydrogens is 328 g/mol. The van der Waals surface area contributed by atoms with E-state index in [0.717, 1.165) is 11.0 Å². The molecule has 0 radical (unpaired) electrons. The molecule has 1 aromatic heterocycles. The van der Waals surface area contributed by atoms with E-state index in [1.807, 2.05) is 24.3 Å². The lowest BCUT2D eigenvalue weighted by atomic mass is 10.3. The number of ether oxygens (including phenoxy) is 1. The van der Waals surface area contributed by atoms with Crippen LogP contribution in [0.3, 0.4) is 0 Å². The Bertz CT molecular complexity index is 854. The molecule has 0 aliphatic heterocycles. The summed E-state index contributed by atoms with van der Waals surface area (Å²) in [7, 11) is 0. The molecule has 1 heterocycles. The summed E-state index contributed by atoms with van der Waals surface area (Å²) in [4.78, 5) is 19.7. The fourth-order valence-corrected chi connectivity index (χ4v) is 2.23. The number of aromatic nitrogens is 2. The molecule has 7 heteroatoms. The number of imidazole rings is 1. The molecule has 0 unspecified atom stereocenters. The molecule has 0 aliphatic carbocycles. The van der Waals surface area contributed by atoms with Crippen molar-refractivity contribution in [2.45, 2.75) is 6.92 Å². The van der Waals surface area contributed by atoms with Gasteiger partial charge in [0.2, 0.25) is 5.71 Å².